The molecule has 0 spiro atoms. The van der Waals surface area contributed by atoms with Crippen molar-refractivity contribution in [2.24, 2.45) is 0 Å². The van der Waals surface area contributed by atoms with Crippen LogP contribution in [0.15, 0.2) is 0 Å². The molecule has 1 aliphatic heterocycles. The van der Waals surface area contributed by atoms with Gasteiger partial charge in [0.05, 0.1) is 0 Å². The first kappa shape index (κ1) is 11.3. The Morgan fingerprint density at radius 1 is 1.50 bits per heavy atom. The van der Waals surface area contributed by atoms with E-state index in [1.165, 1.54) is 0 Å². The maximum atomic E-state index is 10.1. The van der Waals surface area contributed by atoms with E-state index in [1.807, 2.05) is 0 Å². The van der Waals surface area contributed by atoms with Crippen LogP contribution in [0.4, 0.5) is 0 Å². The third-order valence-corrected chi connectivity index (χ3v) is 0.903. The maximum Gasteiger partial charge on any atom is 0.220 e. The molecule has 0 aromatic carbocycles. The predicted octanol–water partition coefficient (Wildman–Crippen LogP) is 0.00670. The summed E-state index contributed by atoms with van der Waals surface area (Å²) in [4.78, 5) is 10.1. The van der Waals surface area contributed by atoms with E-state index in [-0.39, 0.29) is 38.9 Å². The molecule has 1 aliphatic rings. The molecule has 0 saturated carbocycles. The summed E-state index contributed by atoms with van der Waals surface area (Å²) < 4.78 is 0. The molecule has 1 saturated heterocycles. The number of hydrogen-bond donors (Lipinski definition) is 1. The van der Waals surface area contributed by atoms with E-state index in [0.717, 1.165) is 19.4 Å². The van der Waals surface area contributed by atoms with Crippen LogP contribution < -0.4 is 5.32 Å². The van der Waals surface area contributed by atoms with Crippen LogP contribution in [0.3, 0.4) is 0 Å². The first-order valence-electron chi connectivity index (χ1n) is 2.16. The molecule has 0 aromatic heterocycles. The minimum Gasteiger partial charge on any atom is -0.356 e. The molecule has 0 aliphatic carbocycles. The monoisotopic (exact) mass is 183 g/mol. The van der Waals surface area contributed by atoms with Gasteiger partial charge in [0.25, 0.3) is 0 Å². The minimum atomic E-state index is 0. The van der Waals surface area contributed by atoms with Crippen molar-refractivity contribution < 1.29 is 24.3 Å². The molecule has 1 fully saturated rings. The molecule has 44 valence electrons. The van der Waals surface area contributed by atoms with Crippen molar-refractivity contribution in [3.63, 3.8) is 0 Å². The summed E-state index contributed by atoms with van der Waals surface area (Å²) in [5, 5.41) is 2.68. The SMILES string of the molecule is O=C1CCCN1.S.[Zn]. The molecule has 1 amide bonds. The van der Waals surface area contributed by atoms with Crippen LogP contribution in [0.2, 0.25) is 0 Å². The van der Waals surface area contributed by atoms with Crippen LogP contribution in [0.25, 0.3) is 0 Å². The third-order valence-electron chi connectivity index (χ3n) is 0.903. The predicted molar refractivity (Wildman–Crippen MR) is 32.6 cm³/mol. The standard InChI is InChI=1S/C4H7NO.H2S.Zn/c6-4-2-1-3-5-4;;/h1-3H2,(H,5,6);1H2;. The van der Waals surface area contributed by atoms with E-state index in [0.29, 0.717) is 0 Å². The normalized spacial score (nSPS) is 15.8. The van der Waals surface area contributed by atoms with Gasteiger partial charge in [-0.15, -0.1) is 0 Å². The second-order valence-corrected chi connectivity index (χ2v) is 1.45. The van der Waals surface area contributed by atoms with Crippen molar-refractivity contribution in [2.45, 2.75) is 12.8 Å². The summed E-state index contributed by atoms with van der Waals surface area (Å²) in [6.07, 6.45) is 1.76. The largest absolute Gasteiger partial charge is 0.356 e. The van der Waals surface area contributed by atoms with Crippen LogP contribution in [0, 0.1) is 0 Å². The Balaban J connectivity index is 0. The third kappa shape index (κ3) is 3.45. The molecule has 2 nitrogen and oxygen atoms in total. The molecule has 1 rings (SSSR count). The van der Waals surface area contributed by atoms with Gasteiger partial charge in [-0.1, -0.05) is 0 Å². The van der Waals surface area contributed by atoms with Gasteiger partial charge in [0.2, 0.25) is 5.91 Å². The van der Waals surface area contributed by atoms with Crippen molar-refractivity contribution in [1.29, 1.82) is 0 Å². The molecule has 4 heteroatoms. The number of carbonyl (C=O) groups excluding carboxylic acids is 1. The first-order chi connectivity index (χ1) is 2.89. The molecule has 0 atom stereocenters. The Morgan fingerprint density at radius 2 is 2.12 bits per heavy atom. The molecule has 0 aromatic rings. The van der Waals surface area contributed by atoms with Crippen molar-refractivity contribution in [1.82, 2.24) is 5.32 Å². The summed E-state index contributed by atoms with van der Waals surface area (Å²) >= 11 is 0. The first-order valence-corrected chi connectivity index (χ1v) is 2.16. The van der Waals surface area contributed by atoms with E-state index in [4.69, 9.17) is 0 Å². The molecule has 8 heavy (non-hydrogen) atoms. The van der Waals surface area contributed by atoms with Gasteiger partial charge in [0.15, 0.2) is 0 Å². The number of hydrogen-bond acceptors (Lipinski definition) is 1. The van der Waals surface area contributed by atoms with Gasteiger partial charge in [0, 0.05) is 32.4 Å². The van der Waals surface area contributed by atoms with Crippen molar-refractivity contribution in [3.05, 3.63) is 0 Å². The molecule has 1 heterocycles. The molecule has 1 N–H and O–H groups in total. The van der Waals surface area contributed by atoms with Gasteiger partial charge < -0.3 is 5.32 Å². The fraction of sp³-hybridized carbons (Fsp3) is 0.750. The Kier molecular flexibility index (Phi) is 7.86. The Hall–Kier alpha value is 0.443. The average molecular weight is 185 g/mol. The molecular formula is C4H9NOSZn. The van der Waals surface area contributed by atoms with Gasteiger partial charge in [-0.3, -0.25) is 4.79 Å². The van der Waals surface area contributed by atoms with Gasteiger partial charge in [-0.2, -0.15) is 13.5 Å². The van der Waals surface area contributed by atoms with Crippen molar-refractivity contribution >= 4 is 19.4 Å². The second-order valence-electron chi connectivity index (χ2n) is 1.45. The van der Waals surface area contributed by atoms with E-state index in [1.54, 1.807) is 0 Å². The van der Waals surface area contributed by atoms with Gasteiger partial charge in [-0.25, -0.2) is 0 Å². The second kappa shape index (κ2) is 5.58. The Labute approximate surface area is 68.6 Å². The van der Waals surface area contributed by atoms with E-state index in [2.05, 4.69) is 5.32 Å². The average Bonchev–Trinajstić information content (AvgIpc) is 1.86. The smallest absolute Gasteiger partial charge is 0.220 e. The maximum absolute atomic E-state index is 10.1. The Bertz CT molecular complexity index is 70.4. The molecule has 0 bridgehead atoms. The number of amides is 1. The van der Waals surface area contributed by atoms with Crippen LogP contribution >= 0.6 is 13.5 Å². The van der Waals surface area contributed by atoms with Crippen molar-refractivity contribution in [2.75, 3.05) is 6.54 Å². The van der Waals surface area contributed by atoms with Crippen LogP contribution in [0.1, 0.15) is 12.8 Å². The summed E-state index contributed by atoms with van der Waals surface area (Å²) in [7, 11) is 0. The van der Waals surface area contributed by atoms with Crippen LogP contribution in [0.5, 0.6) is 0 Å². The minimum absolute atomic E-state index is 0. The van der Waals surface area contributed by atoms with Gasteiger partial charge in [-0.05, 0) is 6.42 Å². The fourth-order valence-corrected chi connectivity index (χ4v) is 0.565. The topological polar surface area (TPSA) is 29.1 Å². The molecule has 0 radical (unpaired) electrons. The quantitative estimate of drug-likeness (QED) is 0.528. The summed E-state index contributed by atoms with van der Waals surface area (Å²) in [5.41, 5.74) is 0. The van der Waals surface area contributed by atoms with Crippen molar-refractivity contribution in [3.8, 4) is 0 Å². The molecular weight excluding hydrogens is 176 g/mol. The fourth-order valence-electron chi connectivity index (χ4n) is 0.565. The van der Waals surface area contributed by atoms with Crippen LogP contribution in [-0.4, -0.2) is 12.5 Å². The zero-order chi connectivity index (χ0) is 4.41. The van der Waals surface area contributed by atoms with E-state index >= 15 is 0 Å². The number of carbonyl (C=O) groups is 1. The summed E-state index contributed by atoms with van der Waals surface area (Å²) in [5.74, 6) is 0.204. The van der Waals surface area contributed by atoms with E-state index < -0.39 is 0 Å². The summed E-state index contributed by atoms with van der Waals surface area (Å²) in [6.45, 7) is 0.888. The van der Waals surface area contributed by atoms with Gasteiger partial charge >= 0.3 is 0 Å². The van der Waals surface area contributed by atoms with Gasteiger partial charge in [0.1, 0.15) is 0 Å². The zero-order valence-electron chi connectivity index (χ0n) is 4.74. The zero-order valence-corrected chi connectivity index (χ0v) is 8.70. The summed E-state index contributed by atoms with van der Waals surface area (Å²) in [6, 6.07) is 0. The number of nitrogens with one attached hydrogen (secondary N) is 1. The molecule has 0 unspecified atom stereocenters. The Morgan fingerprint density at radius 3 is 2.25 bits per heavy atom. The van der Waals surface area contributed by atoms with E-state index in [9.17, 15) is 4.79 Å². The van der Waals surface area contributed by atoms with Crippen LogP contribution in [-0.2, 0) is 24.3 Å². The number of rotatable bonds is 0.